The maximum absolute atomic E-state index is 11.5. The van der Waals surface area contributed by atoms with E-state index >= 15 is 0 Å². The highest BCUT2D eigenvalue weighted by Gasteiger charge is 2.09. The van der Waals surface area contributed by atoms with Gasteiger partial charge in [-0.2, -0.15) is 0 Å². The third kappa shape index (κ3) is 3.75. The van der Waals surface area contributed by atoms with Gasteiger partial charge in [0, 0.05) is 4.90 Å². The summed E-state index contributed by atoms with van der Waals surface area (Å²) in [6.45, 7) is 1.83. The summed E-state index contributed by atoms with van der Waals surface area (Å²) >= 11 is 4.22. The van der Waals surface area contributed by atoms with Crippen molar-refractivity contribution >= 4 is 24.3 Å². The van der Waals surface area contributed by atoms with Crippen LogP contribution >= 0.6 is 12.6 Å². The van der Waals surface area contributed by atoms with Gasteiger partial charge in [0.2, 0.25) is 0 Å². The minimum atomic E-state index is -0.331. The van der Waals surface area contributed by atoms with Crippen molar-refractivity contribution in [2.75, 3.05) is 11.9 Å². The first kappa shape index (κ1) is 12.9. The van der Waals surface area contributed by atoms with Crippen molar-refractivity contribution in [3.63, 3.8) is 0 Å². The van der Waals surface area contributed by atoms with Gasteiger partial charge in [-0.3, -0.25) is 0 Å². The monoisotopic (exact) mass is 240 g/mol. The average Bonchev–Trinajstić information content (AvgIpc) is 2.29. The van der Waals surface area contributed by atoms with Crippen LogP contribution in [0.3, 0.4) is 0 Å². The van der Waals surface area contributed by atoms with E-state index in [0.29, 0.717) is 17.0 Å². The number of aliphatic hydroxyl groups excluding tert-OH is 1. The molecular weight excluding hydrogens is 224 g/mol. The summed E-state index contributed by atoms with van der Waals surface area (Å²) in [5.74, 6) is 0. The Morgan fingerprint density at radius 3 is 2.75 bits per heavy atom. The smallest absolute Gasteiger partial charge is 0.319 e. The number of amides is 2. The zero-order chi connectivity index (χ0) is 12.0. The lowest BCUT2D eigenvalue weighted by molar-refractivity contribution is 0.222. The normalized spacial score (nSPS) is 11.9. The first-order valence-electron chi connectivity index (χ1n) is 5.13. The van der Waals surface area contributed by atoms with Gasteiger partial charge in [0.05, 0.1) is 18.3 Å². The topological polar surface area (TPSA) is 61.4 Å². The first-order chi connectivity index (χ1) is 7.67. The van der Waals surface area contributed by atoms with Gasteiger partial charge in [0.25, 0.3) is 0 Å². The van der Waals surface area contributed by atoms with Crippen molar-refractivity contribution in [1.29, 1.82) is 0 Å². The molecule has 4 nitrogen and oxygen atoms in total. The molecule has 2 amide bonds. The summed E-state index contributed by atoms with van der Waals surface area (Å²) < 4.78 is 0. The predicted molar refractivity (Wildman–Crippen MR) is 67.0 cm³/mol. The molecule has 88 valence electrons. The highest BCUT2D eigenvalue weighted by atomic mass is 32.1. The average molecular weight is 240 g/mol. The second kappa shape index (κ2) is 6.40. The number of carbonyl (C=O) groups is 1. The molecule has 0 radical (unpaired) electrons. The highest BCUT2D eigenvalue weighted by Crippen LogP contribution is 2.18. The summed E-state index contributed by atoms with van der Waals surface area (Å²) in [6, 6.07) is 6.67. The van der Waals surface area contributed by atoms with Crippen molar-refractivity contribution in [3.8, 4) is 0 Å². The molecule has 0 aliphatic carbocycles. The van der Waals surface area contributed by atoms with E-state index in [4.69, 9.17) is 5.11 Å². The number of aliphatic hydroxyl groups is 1. The molecule has 1 unspecified atom stereocenters. The van der Waals surface area contributed by atoms with E-state index in [1.807, 2.05) is 19.1 Å². The number of benzene rings is 1. The van der Waals surface area contributed by atoms with E-state index in [9.17, 15) is 4.79 Å². The van der Waals surface area contributed by atoms with E-state index in [0.717, 1.165) is 0 Å². The van der Waals surface area contributed by atoms with Crippen LogP contribution in [0.5, 0.6) is 0 Å². The van der Waals surface area contributed by atoms with Gasteiger partial charge in [0.1, 0.15) is 0 Å². The van der Waals surface area contributed by atoms with Crippen molar-refractivity contribution < 1.29 is 9.90 Å². The number of carbonyl (C=O) groups excluding carboxylic acids is 1. The molecule has 3 N–H and O–H groups in total. The summed E-state index contributed by atoms with van der Waals surface area (Å²) in [5.41, 5.74) is 0.649. The molecule has 0 saturated carbocycles. The van der Waals surface area contributed by atoms with Crippen LogP contribution < -0.4 is 10.6 Å². The van der Waals surface area contributed by atoms with Crippen LogP contribution in [0.2, 0.25) is 0 Å². The minimum Gasteiger partial charge on any atom is -0.394 e. The first-order valence-corrected chi connectivity index (χ1v) is 5.58. The number of hydrogen-bond acceptors (Lipinski definition) is 3. The Morgan fingerprint density at radius 1 is 1.50 bits per heavy atom. The lowest BCUT2D eigenvalue weighted by Crippen LogP contribution is -2.39. The molecule has 0 saturated heterocycles. The van der Waals surface area contributed by atoms with Crippen molar-refractivity contribution in [3.05, 3.63) is 24.3 Å². The third-order valence-corrected chi connectivity index (χ3v) is 2.59. The van der Waals surface area contributed by atoms with Gasteiger partial charge in [-0.15, -0.1) is 12.6 Å². The second-order valence-electron chi connectivity index (χ2n) is 3.40. The van der Waals surface area contributed by atoms with E-state index in [-0.39, 0.29) is 18.7 Å². The minimum absolute atomic E-state index is 0.0631. The number of thiol groups is 1. The van der Waals surface area contributed by atoms with E-state index in [2.05, 4.69) is 23.3 Å². The third-order valence-electron chi connectivity index (χ3n) is 2.20. The maximum atomic E-state index is 11.5. The Bertz CT molecular complexity index is 354. The van der Waals surface area contributed by atoms with Gasteiger partial charge < -0.3 is 15.7 Å². The molecule has 1 aromatic rings. The molecule has 16 heavy (non-hydrogen) atoms. The van der Waals surface area contributed by atoms with Crippen LogP contribution in [0, 0.1) is 0 Å². The summed E-state index contributed by atoms with van der Waals surface area (Å²) in [5, 5.41) is 14.3. The number of para-hydroxylation sites is 1. The van der Waals surface area contributed by atoms with Crippen LogP contribution in [0.1, 0.15) is 13.3 Å². The van der Waals surface area contributed by atoms with Gasteiger partial charge in [-0.25, -0.2) is 4.79 Å². The number of anilines is 1. The van der Waals surface area contributed by atoms with Crippen LogP contribution in [-0.4, -0.2) is 23.8 Å². The molecule has 0 fully saturated rings. The second-order valence-corrected chi connectivity index (χ2v) is 3.89. The highest BCUT2D eigenvalue weighted by molar-refractivity contribution is 7.80. The lowest BCUT2D eigenvalue weighted by atomic mass is 10.2. The van der Waals surface area contributed by atoms with Crippen molar-refractivity contribution in [1.82, 2.24) is 5.32 Å². The standard InChI is InChI=1S/C11H16N2O2S/c1-2-8(7-14)12-11(15)13-9-5-3-4-6-10(9)16/h3-6,8,14,16H,2,7H2,1H3,(H2,12,13,15). The molecule has 0 aromatic heterocycles. The van der Waals surface area contributed by atoms with Gasteiger partial charge in [-0.05, 0) is 18.6 Å². The fourth-order valence-corrected chi connectivity index (χ4v) is 1.42. The summed E-state index contributed by atoms with van der Waals surface area (Å²) in [6.07, 6.45) is 0.687. The van der Waals surface area contributed by atoms with Crippen LogP contribution in [0.4, 0.5) is 10.5 Å². The Hall–Kier alpha value is -1.20. The van der Waals surface area contributed by atoms with Crippen LogP contribution in [0.25, 0.3) is 0 Å². The van der Waals surface area contributed by atoms with Crippen LogP contribution in [0.15, 0.2) is 29.2 Å². The summed E-state index contributed by atoms with van der Waals surface area (Å²) in [4.78, 5) is 12.2. The molecule has 0 aliphatic rings. The maximum Gasteiger partial charge on any atom is 0.319 e. The van der Waals surface area contributed by atoms with E-state index in [1.54, 1.807) is 12.1 Å². The Labute approximate surface area is 100 Å². The Morgan fingerprint density at radius 2 is 2.19 bits per heavy atom. The fraction of sp³-hybridized carbons (Fsp3) is 0.364. The molecule has 0 heterocycles. The van der Waals surface area contributed by atoms with Crippen molar-refractivity contribution in [2.24, 2.45) is 0 Å². The Balaban J connectivity index is 2.55. The molecule has 1 atom stereocenters. The zero-order valence-corrected chi connectivity index (χ0v) is 10.00. The summed E-state index contributed by atoms with van der Waals surface area (Å²) in [7, 11) is 0. The molecule has 1 aromatic carbocycles. The van der Waals surface area contributed by atoms with Crippen molar-refractivity contribution in [2.45, 2.75) is 24.3 Å². The van der Waals surface area contributed by atoms with E-state index in [1.165, 1.54) is 0 Å². The number of urea groups is 1. The molecule has 0 bridgehead atoms. The number of rotatable bonds is 4. The lowest BCUT2D eigenvalue weighted by Gasteiger charge is -2.15. The zero-order valence-electron chi connectivity index (χ0n) is 9.10. The number of nitrogens with one attached hydrogen (secondary N) is 2. The molecular formula is C11H16N2O2S. The predicted octanol–water partition coefficient (Wildman–Crippen LogP) is 1.87. The SMILES string of the molecule is CCC(CO)NC(=O)Nc1ccccc1S. The van der Waals surface area contributed by atoms with Gasteiger partial charge in [-0.1, -0.05) is 19.1 Å². The quantitative estimate of drug-likeness (QED) is 0.607. The van der Waals surface area contributed by atoms with Crippen LogP contribution in [-0.2, 0) is 0 Å². The fourth-order valence-electron chi connectivity index (χ4n) is 1.20. The molecule has 5 heteroatoms. The Kier molecular flexibility index (Phi) is 5.14. The molecule has 1 rings (SSSR count). The largest absolute Gasteiger partial charge is 0.394 e. The molecule has 0 aliphatic heterocycles. The van der Waals surface area contributed by atoms with Gasteiger partial charge >= 0.3 is 6.03 Å². The van der Waals surface area contributed by atoms with Gasteiger partial charge in [0.15, 0.2) is 0 Å². The van der Waals surface area contributed by atoms with E-state index < -0.39 is 0 Å². The number of hydrogen-bond donors (Lipinski definition) is 4. The molecule has 0 spiro atoms.